The number of hydrogen-bond donors (Lipinski definition) is 1. The molecule has 3 rings (SSSR count). The summed E-state index contributed by atoms with van der Waals surface area (Å²) in [5, 5.41) is 1.50. The summed E-state index contributed by atoms with van der Waals surface area (Å²) in [6.45, 7) is 0. The molecule has 0 unspecified atom stereocenters. The highest BCUT2D eigenvalue weighted by Gasteiger charge is 2.13. The number of rotatable bonds is 2. The fourth-order valence-electron chi connectivity index (χ4n) is 2.04. The summed E-state index contributed by atoms with van der Waals surface area (Å²) in [4.78, 5) is 15.5. The number of H-pyrrole nitrogens is 1. The molecule has 0 aliphatic rings. The van der Waals surface area contributed by atoms with Gasteiger partial charge in [0.2, 0.25) is 0 Å². The molecule has 1 heterocycles. The van der Waals surface area contributed by atoms with E-state index in [-0.39, 0.29) is 5.78 Å². The molecule has 1 N–H and O–H groups in total. The first-order valence-corrected chi connectivity index (χ1v) is 6.00. The molecule has 0 saturated carbocycles. The Morgan fingerprint density at radius 3 is 2.72 bits per heavy atom. The van der Waals surface area contributed by atoms with Crippen molar-refractivity contribution in [1.29, 1.82) is 0 Å². The van der Waals surface area contributed by atoms with Crippen molar-refractivity contribution in [2.75, 3.05) is 0 Å². The number of aromatic amines is 1. The number of ketones is 1. The molecule has 0 aliphatic heterocycles. The fourth-order valence-corrected chi connectivity index (χ4v) is 2.23. The van der Waals surface area contributed by atoms with Crippen LogP contribution in [-0.2, 0) is 0 Å². The average molecular weight is 256 g/mol. The zero-order valence-electron chi connectivity index (χ0n) is 9.48. The van der Waals surface area contributed by atoms with Crippen LogP contribution in [0.5, 0.6) is 0 Å². The van der Waals surface area contributed by atoms with E-state index in [2.05, 4.69) is 4.98 Å². The first kappa shape index (κ1) is 11.1. The van der Waals surface area contributed by atoms with Crippen molar-refractivity contribution in [3.05, 3.63) is 70.9 Å². The minimum atomic E-state index is -0.0186. The molecule has 18 heavy (non-hydrogen) atoms. The minimum absolute atomic E-state index is 0.0186. The molecular formula is C15H10ClNO. The molecule has 0 spiro atoms. The molecule has 0 radical (unpaired) electrons. The SMILES string of the molecule is O=C(c1cccc(Cl)c1)c1c[nH]c2ccccc12. The third kappa shape index (κ3) is 1.81. The molecule has 2 aromatic carbocycles. The normalized spacial score (nSPS) is 10.7. The standard InChI is InChI=1S/C15H10ClNO/c16-11-5-3-4-10(8-11)15(18)13-9-17-14-7-2-1-6-12(13)14/h1-9,17H. The summed E-state index contributed by atoms with van der Waals surface area (Å²) < 4.78 is 0. The number of carbonyl (C=O) groups excluding carboxylic acids is 1. The first-order chi connectivity index (χ1) is 8.75. The number of halogens is 1. The maximum Gasteiger partial charge on any atom is 0.195 e. The lowest BCUT2D eigenvalue weighted by molar-refractivity contribution is 0.104. The number of aromatic nitrogens is 1. The Morgan fingerprint density at radius 1 is 1.06 bits per heavy atom. The van der Waals surface area contributed by atoms with Crippen molar-refractivity contribution in [3.8, 4) is 0 Å². The molecule has 0 amide bonds. The van der Waals surface area contributed by atoms with Crippen molar-refractivity contribution in [3.63, 3.8) is 0 Å². The highest BCUT2D eigenvalue weighted by molar-refractivity contribution is 6.31. The van der Waals surface area contributed by atoms with E-state index in [1.165, 1.54) is 0 Å². The van der Waals surface area contributed by atoms with Crippen molar-refractivity contribution >= 4 is 28.3 Å². The van der Waals surface area contributed by atoms with Crippen molar-refractivity contribution in [2.45, 2.75) is 0 Å². The number of carbonyl (C=O) groups is 1. The second kappa shape index (κ2) is 4.31. The lowest BCUT2D eigenvalue weighted by Crippen LogP contribution is -1.99. The zero-order valence-corrected chi connectivity index (χ0v) is 10.2. The third-order valence-corrected chi connectivity index (χ3v) is 3.16. The molecule has 1 aromatic heterocycles. The van der Waals surface area contributed by atoms with Crippen molar-refractivity contribution < 1.29 is 4.79 Å². The van der Waals surface area contributed by atoms with Crippen LogP contribution in [0.2, 0.25) is 5.02 Å². The molecule has 0 atom stereocenters. The number of para-hydroxylation sites is 1. The molecule has 0 saturated heterocycles. The Balaban J connectivity index is 2.12. The molecular weight excluding hydrogens is 246 g/mol. The van der Waals surface area contributed by atoms with E-state index < -0.39 is 0 Å². The van der Waals surface area contributed by atoms with Crippen LogP contribution in [-0.4, -0.2) is 10.8 Å². The summed E-state index contributed by atoms with van der Waals surface area (Å²) in [5.74, 6) is -0.0186. The van der Waals surface area contributed by atoms with Gasteiger partial charge in [0, 0.05) is 33.2 Å². The van der Waals surface area contributed by atoms with Gasteiger partial charge in [-0.25, -0.2) is 0 Å². The Labute approximate surface area is 109 Å². The molecule has 3 aromatic rings. The second-order valence-electron chi connectivity index (χ2n) is 4.09. The Kier molecular flexibility index (Phi) is 2.65. The van der Waals surface area contributed by atoms with Crippen molar-refractivity contribution in [1.82, 2.24) is 4.98 Å². The summed E-state index contributed by atoms with van der Waals surface area (Å²) in [7, 11) is 0. The molecule has 2 nitrogen and oxygen atoms in total. The summed E-state index contributed by atoms with van der Waals surface area (Å²) in [6.07, 6.45) is 1.74. The molecule has 0 bridgehead atoms. The van der Waals surface area contributed by atoms with Gasteiger partial charge < -0.3 is 4.98 Å². The molecule has 0 aliphatic carbocycles. The van der Waals surface area contributed by atoms with E-state index in [9.17, 15) is 4.79 Å². The van der Waals surface area contributed by atoms with Gasteiger partial charge in [0.25, 0.3) is 0 Å². The largest absolute Gasteiger partial charge is 0.360 e. The Bertz CT molecular complexity index is 730. The average Bonchev–Trinajstić information content (AvgIpc) is 2.82. The van der Waals surface area contributed by atoms with Crippen LogP contribution in [0.1, 0.15) is 15.9 Å². The third-order valence-electron chi connectivity index (χ3n) is 2.92. The summed E-state index contributed by atoms with van der Waals surface area (Å²) in [6, 6.07) is 14.7. The first-order valence-electron chi connectivity index (χ1n) is 5.62. The van der Waals surface area contributed by atoms with Gasteiger partial charge in [0.05, 0.1) is 0 Å². The lowest BCUT2D eigenvalue weighted by atomic mass is 10.0. The van der Waals surface area contributed by atoms with E-state index in [1.807, 2.05) is 24.3 Å². The van der Waals surface area contributed by atoms with Crippen LogP contribution >= 0.6 is 11.6 Å². The van der Waals surface area contributed by atoms with Gasteiger partial charge in [-0.15, -0.1) is 0 Å². The van der Waals surface area contributed by atoms with Crippen LogP contribution < -0.4 is 0 Å². The zero-order chi connectivity index (χ0) is 12.5. The highest BCUT2D eigenvalue weighted by Crippen LogP contribution is 2.22. The second-order valence-corrected chi connectivity index (χ2v) is 4.52. The van der Waals surface area contributed by atoms with Crippen molar-refractivity contribution in [2.24, 2.45) is 0 Å². The number of nitrogens with one attached hydrogen (secondary N) is 1. The Hall–Kier alpha value is -2.06. The quantitative estimate of drug-likeness (QED) is 0.689. The van der Waals surface area contributed by atoms with Crippen LogP contribution in [0.25, 0.3) is 10.9 Å². The van der Waals surface area contributed by atoms with Gasteiger partial charge in [0.15, 0.2) is 5.78 Å². The Morgan fingerprint density at radius 2 is 1.89 bits per heavy atom. The van der Waals surface area contributed by atoms with E-state index >= 15 is 0 Å². The maximum atomic E-state index is 12.4. The van der Waals surface area contributed by atoms with Gasteiger partial charge >= 0.3 is 0 Å². The van der Waals surface area contributed by atoms with Gasteiger partial charge in [-0.1, -0.05) is 41.9 Å². The van der Waals surface area contributed by atoms with E-state index in [0.717, 1.165) is 10.9 Å². The van der Waals surface area contributed by atoms with Crippen LogP contribution in [0, 0.1) is 0 Å². The smallest absolute Gasteiger partial charge is 0.195 e. The lowest BCUT2D eigenvalue weighted by Gasteiger charge is -2.00. The van der Waals surface area contributed by atoms with Gasteiger partial charge in [-0.3, -0.25) is 4.79 Å². The van der Waals surface area contributed by atoms with Crippen LogP contribution in [0.3, 0.4) is 0 Å². The number of benzene rings is 2. The van der Waals surface area contributed by atoms with Gasteiger partial charge in [-0.05, 0) is 18.2 Å². The van der Waals surface area contributed by atoms with E-state index in [4.69, 9.17) is 11.6 Å². The van der Waals surface area contributed by atoms with E-state index in [1.54, 1.807) is 30.5 Å². The predicted octanol–water partition coefficient (Wildman–Crippen LogP) is 4.05. The van der Waals surface area contributed by atoms with Gasteiger partial charge in [-0.2, -0.15) is 0 Å². The summed E-state index contributed by atoms with van der Waals surface area (Å²) in [5.41, 5.74) is 2.24. The topological polar surface area (TPSA) is 32.9 Å². The molecule has 3 heteroatoms. The highest BCUT2D eigenvalue weighted by atomic mass is 35.5. The molecule has 88 valence electrons. The monoisotopic (exact) mass is 255 g/mol. The van der Waals surface area contributed by atoms with Crippen LogP contribution in [0.4, 0.5) is 0 Å². The number of hydrogen-bond acceptors (Lipinski definition) is 1. The van der Waals surface area contributed by atoms with Gasteiger partial charge in [0.1, 0.15) is 0 Å². The molecule has 0 fully saturated rings. The summed E-state index contributed by atoms with van der Waals surface area (Å²) >= 11 is 5.91. The minimum Gasteiger partial charge on any atom is -0.360 e. The van der Waals surface area contributed by atoms with Crippen LogP contribution in [0.15, 0.2) is 54.7 Å². The fraction of sp³-hybridized carbons (Fsp3) is 0. The number of fused-ring (bicyclic) bond motifs is 1. The van der Waals surface area contributed by atoms with E-state index in [0.29, 0.717) is 16.1 Å². The maximum absolute atomic E-state index is 12.4. The predicted molar refractivity (Wildman–Crippen MR) is 73.2 cm³/mol.